The average Bonchev–Trinajstić information content (AvgIpc) is 2.41. The van der Waals surface area contributed by atoms with Crippen LogP contribution < -0.4 is 0 Å². The maximum Gasteiger partial charge on any atom is 0.340 e. The molecule has 0 aliphatic rings. The van der Waals surface area contributed by atoms with Gasteiger partial charge in [0, 0.05) is 0 Å². The number of ether oxygens (including phenoxy) is 1. The number of carbonyl (C=O) groups is 1. The number of thiophene rings is 1. The van der Waals surface area contributed by atoms with Crippen molar-refractivity contribution in [2.75, 3.05) is 7.11 Å². The molecular weight excluding hydrogens is 321 g/mol. The highest BCUT2D eigenvalue weighted by molar-refractivity contribution is 14.1. The first-order valence-electron chi connectivity index (χ1n) is 3.50. The first-order chi connectivity index (χ1) is 6.49. The smallest absolute Gasteiger partial charge is 0.340 e. The van der Waals surface area contributed by atoms with Crippen LogP contribution >= 0.6 is 33.9 Å². The predicted molar refractivity (Wildman–Crippen MR) is 59.8 cm³/mol. The second kappa shape index (κ2) is 4.22. The molecule has 1 rings (SSSR count). The molecule has 0 radical (unpaired) electrons. The number of hydrogen-bond donors (Lipinski definition) is 0. The van der Waals surface area contributed by atoms with Crippen LogP contribution in [-0.4, -0.2) is 18.0 Å². The van der Waals surface area contributed by atoms with Gasteiger partial charge in [-0.05, 0) is 29.5 Å². The summed E-state index contributed by atoms with van der Waals surface area (Å²) in [5.41, 5.74) is 0.668. The molecule has 5 nitrogen and oxygen atoms in total. The van der Waals surface area contributed by atoms with Crippen molar-refractivity contribution in [2.45, 2.75) is 6.92 Å². The standard InChI is InChI=1S/C7H6INO4S/c1-3-4(7(10)13-2)5(8)14-6(3)9(11)12/h1-2H3. The van der Waals surface area contributed by atoms with Crippen molar-refractivity contribution in [3.8, 4) is 0 Å². The van der Waals surface area contributed by atoms with Crippen LogP contribution in [0.15, 0.2) is 0 Å². The summed E-state index contributed by atoms with van der Waals surface area (Å²) in [6, 6.07) is 0. The quantitative estimate of drug-likeness (QED) is 0.362. The normalized spacial score (nSPS) is 9.93. The Morgan fingerprint density at radius 3 is 2.57 bits per heavy atom. The molecule has 0 atom stereocenters. The summed E-state index contributed by atoms with van der Waals surface area (Å²) in [6.45, 7) is 1.54. The topological polar surface area (TPSA) is 69.4 Å². The first-order valence-corrected chi connectivity index (χ1v) is 5.40. The number of nitro groups is 1. The van der Waals surface area contributed by atoms with Gasteiger partial charge in [-0.1, -0.05) is 11.3 Å². The Morgan fingerprint density at radius 2 is 2.21 bits per heavy atom. The lowest BCUT2D eigenvalue weighted by molar-refractivity contribution is -0.380. The fourth-order valence-corrected chi connectivity index (χ4v) is 3.06. The highest BCUT2D eigenvalue weighted by Gasteiger charge is 2.26. The van der Waals surface area contributed by atoms with Crippen molar-refractivity contribution in [3.63, 3.8) is 0 Å². The molecule has 1 heterocycles. The fourth-order valence-electron chi connectivity index (χ4n) is 0.976. The van der Waals surface area contributed by atoms with Gasteiger partial charge in [0.1, 0.15) is 0 Å². The summed E-state index contributed by atoms with van der Waals surface area (Å²) in [7, 11) is 1.25. The van der Waals surface area contributed by atoms with E-state index in [1.807, 2.05) is 22.6 Å². The molecule has 0 spiro atoms. The lowest BCUT2D eigenvalue weighted by Gasteiger charge is -1.96. The summed E-state index contributed by atoms with van der Waals surface area (Å²) >= 11 is 2.87. The van der Waals surface area contributed by atoms with Gasteiger partial charge >= 0.3 is 11.0 Å². The van der Waals surface area contributed by atoms with Gasteiger partial charge in [-0.3, -0.25) is 10.1 Å². The maximum atomic E-state index is 11.2. The molecule has 76 valence electrons. The zero-order valence-electron chi connectivity index (χ0n) is 7.37. The molecule has 1 aromatic heterocycles. The zero-order chi connectivity index (χ0) is 10.9. The van der Waals surface area contributed by atoms with Gasteiger partial charge in [-0.15, -0.1) is 0 Å². The summed E-state index contributed by atoms with van der Waals surface area (Å²) in [5.74, 6) is -0.531. The third-order valence-corrected chi connectivity index (χ3v) is 3.87. The van der Waals surface area contributed by atoms with Crippen LogP contribution in [0.4, 0.5) is 5.00 Å². The van der Waals surface area contributed by atoms with E-state index in [4.69, 9.17) is 0 Å². The van der Waals surface area contributed by atoms with Gasteiger partial charge in [0.05, 0.1) is 26.0 Å². The SMILES string of the molecule is COC(=O)c1c(I)sc([N+](=O)[O-])c1C. The molecule has 0 bridgehead atoms. The van der Waals surface area contributed by atoms with Gasteiger partial charge in [-0.25, -0.2) is 4.79 Å². The summed E-state index contributed by atoms with van der Waals surface area (Å²) in [6.07, 6.45) is 0. The van der Waals surface area contributed by atoms with Crippen LogP contribution in [0.1, 0.15) is 15.9 Å². The molecule has 0 fully saturated rings. The predicted octanol–water partition coefficient (Wildman–Crippen LogP) is 2.36. The number of nitrogens with zero attached hydrogens (tertiary/aromatic N) is 1. The number of rotatable bonds is 2. The number of methoxy groups -OCH3 is 1. The van der Waals surface area contributed by atoms with E-state index in [9.17, 15) is 14.9 Å². The van der Waals surface area contributed by atoms with Gasteiger partial charge in [0.2, 0.25) is 0 Å². The van der Waals surface area contributed by atoms with Gasteiger partial charge in [-0.2, -0.15) is 0 Å². The Labute approximate surface area is 97.4 Å². The lowest BCUT2D eigenvalue weighted by Crippen LogP contribution is -2.03. The van der Waals surface area contributed by atoms with Crippen molar-refractivity contribution >= 4 is 44.9 Å². The van der Waals surface area contributed by atoms with Crippen molar-refractivity contribution < 1.29 is 14.5 Å². The number of halogens is 1. The van der Waals surface area contributed by atoms with E-state index in [0.717, 1.165) is 11.3 Å². The van der Waals surface area contributed by atoms with Crippen LogP contribution in [0.25, 0.3) is 0 Å². The third kappa shape index (κ3) is 1.87. The number of carbonyl (C=O) groups excluding carboxylic acids is 1. The molecule has 0 aliphatic carbocycles. The molecule has 0 amide bonds. The molecule has 0 aliphatic heterocycles. The molecule has 0 saturated heterocycles. The van der Waals surface area contributed by atoms with Gasteiger partial charge in [0.25, 0.3) is 0 Å². The summed E-state index contributed by atoms with van der Waals surface area (Å²) in [4.78, 5) is 21.3. The van der Waals surface area contributed by atoms with Gasteiger partial charge < -0.3 is 4.74 Å². The van der Waals surface area contributed by atoms with E-state index in [1.165, 1.54) is 7.11 Å². The second-order valence-corrected chi connectivity index (χ2v) is 5.24. The average molecular weight is 327 g/mol. The number of hydrogen-bond acceptors (Lipinski definition) is 5. The Balaban J connectivity index is 3.31. The summed E-state index contributed by atoms with van der Waals surface area (Å²) < 4.78 is 5.11. The molecular formula is C7H6INO4S. The van der Waals surface area contributed by atoms with Crippen molar-refractivity contribution in [1.82, 2.24) is 0 Å². The van der Waals surface area contributed by atoms with Crippen molar-refractivity contribution in [2.24, 2.45) is 0 Å². The maximum absolute atomic E-state index is 11.2. The Bertz CT molecular complexity index is 401. The van der Waals surface area contributed by atoms with E-state index >= 15 is 0 Å². The van der Waals surface area contributed by atoms with E-state index < -0.39 is 10.9 Å². The van der Waals surface area contributed by atoms with Crippen molar-refractivity contribution in [3.05, 3.63) is 24.1 Å². The van der Waals surface area contributed by atoms with Crippen LogP contribution in [0.5, 0.6) is 0 Å². The van der Waals surface area contributed by atoms with Gasteiger partial charge in [0.15, 0.2) is 0 Å². The highest BCUT2D eigenvalue weighted by Crippen LogP contribution is 2.35. The third-order valence-electron chi connectivity index (χ3n) is 1.63. The lowest BCUT2D eigenvalue weighted by atomic mass is 10.2. The minimum Gasteiger partial charge on any atom is -0.465 e. The zero-order valence-corrected chi connectivity index (χ0v) is 10.3. The van der Waals surface area contributed by atoms with Crippen LogP contribution in [0, 0.1) is 19.9 Å². The van der Waals surface area contributed by atoms with E-state index in [1.54, 1.807) is 6.92 Å². The van der Waals surface area contributed by atoms with Crippen LogP contribution in [0.3, 0.4) is 0 Å². The van der Waals surface area contributed by atoms with E-state index in [0.29, 0.717) is 14.0 Å². The van der Waals surface area contributed by atoms with Crippen LogP contribution in [-0.2, 0) is 4.74 Å². The Kier molecular flexibility index (Phi) is 3.43. The molecule has 0 saturated carbocycles. The summed E-state index contributed by atoms with van der Waals surface area (Å²) in [5, 5.41) is 10.6. The molecule has 1 aromatic rings. The first kappa shape index (κ1) is 11.4. The molecule has 7 heteroatoms. The molecule has 14 heavy (non-hydrogen) atoms. The Hall–Kier alpha value is -0.700. The Morgan fingerprint density at radius 1 is 1.64 bits per heavy atom. The minimum atomic E-state index is -0.531. The highest BCUT2D eigenvalue weighted by atomic mass is 127. The second-order valence-electron chi connectivity index (χ2n) is 2.43. The van der Waals surface area contributed by atoms with E-state index in [-0.39, 0.29) is 5.00 Å². The van der Waals surface area contributed by atoms with Crippen molar-refractivity contribution in [1.29, 1.82) is 0 Å². The number of esters is 1. The van der Waals surface area contributed by atoms with Crippen LogP contribution in [0.2, 0.25) is 0 Å². The van der Waals surface area contributed by atoms with E-state index in [2.05, 4.69) is 4.74 Å². The molecule has 0 aromatic carbocycles. The molecule has 0 unspecified atom stereocenters. The largest absolute Gasteiger partial charge is 0.465 e. The minimum absolute atomic E-state index is 0.00481. The fraction of sp³-hybridized carbons (Fsp3) is 0.286. The molecule has 0 N–H and O–H groups in total. The monoisotopic (exact) mass is 327 g/mol.